The van der Waals surface area contributed by atoms with Crippen LogP contribution in [0.3, 0.4) is 0 Å². The Labute approximate surface area is 110 Å². The lowest BCUT2D eigenvalue weighted by Gasteiger charge is -2.19. The fraction of sp³-hybridized carbons (Fsp3) is 0.500. The molecule has 1 unspecified atom stereocenters. The van der Waals surface area contributed by atoms with Crippen LogP contribution in [0.1, 0.15) is 18.9 Å². The summed E-state index contributed by atoms with van der Waals surface area (Å²) in [5.41, 5.74) is 2.91. The highest BCUT2D eigenvalue weighted by atomic mass is 16.5. The van der Waals surface area contributed by atoms with E-state index in [1.807, 2.05) is 12.1 Å². The highest BCUT2D eigenvalue weighted by Gasteiger charge is 2.14. The Morgan fingerprint density at radius 3 is 2.67 bits per heavy atom. The molecule has 1 aromatic carbocycles. The van der Waals surface area contributed by atoms with Crippen LogP contribution in [0.25, 0.3) is 0 Å². The number of ether oxygens (including phenoxy) is 1. The molecule has 0 aliphatic carbocycles. The lowest BCUT2D eigenvalue weighted by molar-refractivity contribution is 0.312. The summed E-state index contributed by atoms with van der Waals surface area (Å²) in [6.07, 6.45) is 4.77. The lowest BCUT2D eigenvalue weighted by Crippen LogP contribution is -2.25. The molecule has 0 aromatic heterocycles. The lowest BCUT2D eigenvalue weighted by atomic mass is 9.97. The Balaban J connectivity index is 2.04. The summed E-state index contributed by atoms with van der Waals surface area (Å²) in [7, 11) is 3.93. The van der Waals surface area contributed by atoms with E-state index in [2.05, 4.69) is 37.1 Å². The van der Waals surface area contributed by atoms with Gasteiger partial charge in [0, 0.05) is 13.1 Å². The minimum absolute atomic E-state index is 0.630. The second-order valence-corrected chi connectivity index (χ2v) is 5.34. The Morgan fingerprint density at radius 1 is 1.28 bits per heavy atom. The molecule has 1 atom stereocenters. The van der Waals surface area contributed by atoms with Crippen molar-refractivity contribution in [2.45, 2.75) is 19.8 Å². The first-order valence-corrected chi connectivity index (χ1v) is 6.66. The standard InChI is InChI=1S/C16H23NO/c1-13-8-9-17(2)12-15(10-13)11-14-4-6-16(18-3)7-5-14/h4-7,10,15H,8-9,11-12H2,1-3H3. The molecule has 2 nitrogen and oxygen atoms in total. The highest BCUT2D eigenvalue weighted by Crippen LogP contribution is 2.20. The van der Waals surface area contributed by atoms with Gasteiger partial charge >= 0.3 is 0 Å². The van der Waals surface area contributed by atoms with Gasteiger partial charge in [0.1, 0.15) is 5.75 Å². The van der Waals surface area contributed by atoms with Crippen LogP contribution in [-0.4, -0.2) is 32.1 Å². The van der Waals surface area contributed by atoms with Crippen LogP contribution in [-0.2, 0) is 6.42 Å². The van der Waals surface area contributed by atoms with Crippen LogP contribution in [0.15, 0.2) is 35.9 Å². The third kappa shape index (κ3) is 3.61. The molecule has 0 fully saturated rings. The van der Waals surface area contributed by atoms with E-state index in [4.69, 9.17) is 4.74 Å². The molecule has 1 aliphatic heterocycles. The van der Waals surface area contributed by atoms with Crippen molar-refractivity contribution in [3.63, 3.8) is 0 Å². The van der Waals surface area contributed by atoms with Gasteiger partial charge in [-0.15, -0.1) is 0 Å². The first-order valence-electron chi connectivity index (χ1n) is 6.66. The molecule has 0 amide bonds. The number of hydrogen-bond acceptors (Lipinski definition) is 2. The Bertz CT molecular complexity index is 408. The molecule has 2 rings (SSSR count). The smallest absolute Gasteiger partial charge is 0.118 e. The quantitative estimate of drug-likeness (QED) is 0.759. The zero-order valence-electron chi connectivity index (χ0n) is 11.6. The molecule has 0 N–H and O–H groups in total. The zero-order valence-corrected chi connectivity index (χ0v) is 11.6. The van der Waals surface area contributed by atoms with E-state index in [9.17, 15) is 0 Å². The molecule has 1 heterocycles. The third-order valence-corrected chi connectivity index (χ3v) is 3.61. The Morgan fingerprint density at radius 2 is 2.00 bits per heavy atom. The topological polar surface area (TPSA) is 12.5 Å². The molecule has 0 bridgehead atoms. The molecule has 18 heavy (non-hydrogen) atoms. The number of hydrogen-bond donors (Lipinski definition) is 0. The fourth-order valence-corrected chi connectivity index (χ4v) is 2.59. The van der Waals surface area contributed by atoms with Crippen LogP contribution in [0.5, 0.6) is 5.75 Å². The van der Waals surface area contributed by atoms with Gasteiger partial charge in [-0.3, -0.25) is 0 Å². The van der Waals surface area contributed by atoms with Crippen molar-refractivity contribution in [3.05, 3.63) is 41.5 Å². The van der Waals surface area contributed by atoms with Crippen LogP contribution in [0.2, 0.25) is 0 Å². The van der Waals surface area contributed by atoms with Crippen LogP contribution >= 0.6 is 0 Å². The highest BCUT2D eigenvalue weighted by molar-refractivity contribution is 5.28. The summed E-state index contributed by atoms with van der Waals surface area (Å²) in [6, 6.07) is 8.44. The maximum Gasteiger partial charge on any atom is 0.118 e. The van der Waals surface area contributed by atoms with Gasteiger partial charge in [-0.2, -0.15) is 0 Å². The molecule has 2 heteroatoms. The molecular weight excluding hydrogens is 222 g/mol. The van der Waals surface area contributed by atoms with Crippen molar-refractivity contribution in [2.24, 2.45) is 5.92 Å². The van der Waals surface area contributed by atoms with Crippen LogP contribution in [0, 0.1) is 5.92 Å². The van der Waals surface area contributed by atoms with Crippen LogP contribution in [0.4, 0.5) is 0 Å². The van der Waals surface area contributed by atoms with Crippen molar-refractivity contribution in [3.8, 4) is 5.75 Å². The normalized spacial score (nSPS) is 21.3. The predicted octanol–water partition coefficient (Wildman–Crippen LogP) is 3.14. The SMILES string of the molecule is COc1ccc(CC2C=C(C)CCN(C)C2)cc1. The predicted molar refractivity (Wildman–Crippen MR) is 76.1 cm³/mol. The van der Waals surface area contributed by atoms with Gasteiger partial charge in [0.2, 0.25) is 0 Å². The number of rotatable bonds is 3. The summed E-state index contributed by atoms with van der Waals surface area (Å²) in [6.45, 7) is 4.59. The number of methoxy groups -OCH3 is 1. The fourth-order valence-electron chi connectivity index (χ4n) is 2.59. The molecule has 0 saturated carbocycles. The van der Waals surface area contributed by atoms with Gasteiger partial charge in [-0.25, -0.2) is 0 Å². The van der Waals surface area contributed by atoms with E-state index in [0.29, 0.717) is 5.92 Å². The monoisotopic (exact) mass is 245 g/mol. The molecule has 0 saturated heterocycles. The van der Waals surface area contributed by atoms with Crippen molar-refractivity contribution in [1.82, 2.24) is 4.90 Å². The van der Waals surface area contributed by atoms with Crippen molar-refractivity contribution in [1.29, 1.82) is 0 Å². The minimum Gasteiger partial charge on any atom is -0.497 e. The molecule has 0 radical (unpaired) electrons. The largest absolute Gasteiger partial charge is 0.497 e. The van der Waals surface area contributed by atoms with E-state index < -0.39 is 0 Å². The zero-order chi connectivity index (χ0) is 13.0. The van der Waals surface area contributed by atoms with Crippen molar-refractivity contribution >= 4 is 0 Å². The average molecular weight is 245 g/mol. The second kappa shape index (κ2) is 6.05. The van der Waals surface area contributed by atoms with Gasteiger partial charge in [0.25, 0.3) is 0 Å². The Kier molecular flexibility index (Phi) is 4.43. The molecule has 0 spiro atoms. The maximum absolute atomic E-state index is 5.19. The van der Waals surface area contributed by atoms with E-state index in [-0.39, 0.29) is 0 Å². The van der Waals surface area contributed by atoms with Crippen LogP contribution < -0.4 is 4.74 Å². The van der Waals surface area contributed by atoms with Crippen molar-refractivity contribution < 1.29 is 4.74 Å². The summed E-state index contributed by atoms with van der Waals surface area (Å²) in [4.78, 5) is 2.43. The summed E-state index contributed by atoms with van der Waals surface area (Å²) in [5, 5.41) is 0. The van der Waals surface area contributed by atoms with Gasteiger partial charge < -0.3 is 9.64 Å². The summed E-state index contributed by atoms with van der Waals surface area (Å²) < 4.78 is 5.19. The number of nitrogens with zero attached hydrogens (tertiary/aromatic N) is 1. The van der Waals surface area contributed by atoms with Crippen molar-refractivity contribution in [2.75, 3.05) is 27.2 Å². The maximum atomic E-state index is 5.19. The number of benzene rings is 1. The van der Waals surface area contributed by atoms with E-state index in [1.165, 1.54) is 24.1 Å². The first-order chi connectivity index (χ1) is 8.67. The molecule has 1 aromatic rings. The van der Waals surface area contributed by atoms with Gasteiger partial charge in [-0.05, 0) is 50.4 Å². The Hall–Kier alpha value is -1.28. The first kappa shape index (κ1) is 13.2. The van der Waals surface area contributed by atoms with Gasteiger partial charge in [0.05, 0.1) is 7.11 Å². The summed E-state index contributed by atoms with van der Waals surface area (Å²) in [5.74, 6) is 1.56. The molecule has 1 aliphatic rings. The van der Waals surface area contributed by atoms with Gasteiger partial charge in [-0.1, -0.05) is 23.8 Å². The molecule has 98 valence electrons. The second-order valence-electron chi connectivity index (χ2n) is 5.34. The average Bonchev–Trinajstić information content (AvgIpc) is 2.52. The molecular formula is C16H23NO. The minimum atomic E-state index is 0.630. The van der Waals surface area contributed by atoms with E-state index >= 15 is 0 Å². The third-order valence-electron chi connectivity index (χ3n) is 3.61. The summed E-state index contributed by atoms with van der Waals surface area (Å²) >= 11 is 0. The van der Waals surface area contributed by atoms with Gasteiger partial charge in [0.15, 0.2) is 0 Å². The van der Waals surface area contributed by atoms with E-state index in [0.717, 1.165) is 18.7 Å². The van der Waals surface area contributed by atoms with E-state index in [1.54, 1.807) is 7.11 Å².